The molecule has 0 spiro atoms. The van der Waals surface area contributed by atoms with Gasteiger partial charge in [-0.25, -0.2) is 24.1 Å². The van der Waals surface area contributed by atoms with Gasteiger partial charge >= 0.3 is 19.9 Å². The molecule has 0 aromatic rings. The van der Waals surface area contributed by atoms with Crippen molar-refractivity contribution in [2.45, 2.75) is 46.8 Å². The number of urea groups is 1. The summed E-state index contributed by atoms with van der Waals surface area (Å²) in [5.74, 6) is 0. The van der Waals surface area contributed by atoms with E-state index in [1.807, 2.05) is 5.09 Å². The maximum Gasteiger partial charge on any atom is 0.436 e. The van der Waals surface area contributed by atoms with Gasteiger partial charge in [0.05, 0.1) is 12.2 Å². The van der Waals surface area contributed by atoms with Gasteiger partial charge in [-0.05, 0) is 34.6 Å². The Balaban J connectivity index is 4.96. The van der Waals surface area contributed by atoms with Crippen LogP contribution in [0.4, 0.5) is 9.59 Å². The van der Waals surface area contributed by atoms with Crippen molar-refractivity contribution in [3.8, 4) is 0 Å². The molecule has 3 amide bonds. The van der Waals surface area contributed by atoms with E-state index in [9.17, 15) is 14.2 Å². The third-order valence-corrected chi connectivity index (χ3v) is 3.59. The number of carbonyl (C=O) groups excluding carboxylic acids is 1. The van der Waals surface area contributed by atoms with E-state index in [1.54, 1.807) is 27.7 Å². The summed E-state index contributed by atoms with van der Waals surface area (Å²) in [5.41, 5.74) is 0. The number of nitrogens with one attached hydrogen (secondary N) is 1. The quantitative estimate of drug-likeness (QED) is 0.730. The zero-order valence-electron chi connectivity index (χ0n) is 11.7. The Hall–Kier alpha value is -1.11. The summed E-state index contributed by atoms with van der Waals surface area (Å²) in [6.07, 6.45) is -2.35. The van der Waals surface area contributed by atoms with Crippen LogP contribution in [0.25, 0.3) is 0 Å². The minimum atomic E-state index is -3.90. The van der Waals surface area contributed by atoms with Crippen LogP contribution in [-0.4, -0.2) is 40.9 Å². The number of hydrogen-bond acceptors (Lipinski definition) is 5. The molecule has 0 aromatic carbocycles. The molecular weight excluding hydrogens is 275 g/mol. The van der Waals surface area contributed by atoms with Crippen LogP contribution in [0.1, 0.15) is 34.6 Å². The average molecular weight is 296 g/mol. The molecule has 0 atom stereocenters. The Morgan fingerprint density at radius 1 is 1.21 bits per heavy atom. The fourth-order valence-corrected chi connectivity index (χ4v) is 2.80. The monoisotopic (exact) mass is 296 g/mol. The van der Waals surface area contributed by atoms with E-state index >= 15 is 0 Å². The largest absolute Gasteiger partial charge is 0.465 e. The van der Waals surface area contributed by atoms with Crippen molar-refractivity contribution in [2.75, 3.05) is 6.54 Å². The highest BCUT2D eigenvalue weighted by Crippen LogP contribution is 2.46. The highest BCUT2D eigenvalue weighted by molar-refractivity contribution is 7.52. The first-order valence-corrected chi connectivity index (χ1v) is 7.45. The highest BCUT2D eigenvalue weighted by Gasteiger charge is 2.33. The standard InChI is InChI=1S/C10H21N2O6P/c1-6-12(10(14)15)9(13)11-19(16,17-7(2)3)18-8(4)5/h7-8H,6H2,1-5H3,(H,14,15)(H,11,13,16). The van der Waals surface area contributed by atoms with Gasteiger partial charge in [0.1, 0.15) is 0 Å². The van der Waals surface area contributed by atoms with Crippen molar-refractivity contribution in [3.05, 3.63) is 0 Å². The number of nitrogens with zero attached hydrogens (tertiary/aromatic N) is 1. The van der Waals surface area contributed by atoms with Crippen molar-refractivity contribution in [1.29, 1.82) is 0 Å². The molecule has 0 radical (unpaired) electrons. The molecule has 0 heterocycles. The normalized spacial score (nSPS) is 11.7. The van der Waals surface area contributed by atoms with Gasteiger partial charge in [-0.1, -0.05) is 0 Å². The van der Waals surface area contributed by atoms with Gasteiger partial charge in [-0.3, -0.25) is 9.05 Å². The third kappa shape index (κ3) is 6.56. The lowest BCUT2D eigenvalue weighted by molar-refractivity contribution is 0.131. The van der Waals surface area contributed by atoms with E-state index < -0.39 is 32.1 Å². The van der Waals surface area contributed by atoms with Gasteiger partial charge in [0, 0.05) is 6.54 Å². The zero-order chi connectivity index (χ0) is 15.2. The van der Waals surface area contributed by atoms with Crippen molar-refractivity contribution in [3.63, 3.8) is 0 Å². The first-order valence-electron chi connectivity index (χ1n) is 5.90. The molecule has 0 saturated heterocycles. The van der Waals surface area contributed by atoms with Gasteiger partial charge < -0.3 is 5.11 Å². The molecule has 2 N–H and O–H groups in total. The summed E-state index contributed by atoms with van der Waals surface area (Å²) in [7, 11) is -3.90. The molecule has 0 aliphatic carbocycles. The van der Waals surface area contributed by atoms with Crippen LogP contribution in [0, 0.1) is 0 Å². The number of carboxylic acid groups (broad SMARTS) is 1. The summed E-state index contributed by atoms with van der Waals surface area (Å²) in [4.78, 5) is 23.0. The van der Waals surface area contributed by atoms with Crippen molar-refractivity contribution < 1.29 is 28.3 Å². The first-order chi connectivity index (χ1) is 8.61. The second kappa shape index (κ2) is 7.47. The average Bonchev–Trinajstić information content (AvgIpc) is 2.13. The molecule has 0 bridgehead atoms. The summed E-state index contributed by atoms with van der Waals surface area (Å²) in [5, 5.41) is 10.8. The van der Waals surface area contributed by atoms with Gasteiger partial charge in [0.2, 0.25) is 0 Å². The van der Waals surface area contributed by atoms with Crippen molar-refractivity contribution in [1.82, 2.24) is 9.99 Å². The topological polar surface area (TPSA) is 105 Å². The predicted molar refractivity (Wildman–Crippen MR) is 69.0 cm³/mol. The molecule has 0 fully saturated rings. The fourth-order valence-electron chi connectivity index (χ4n) is 1.18. The molecule has 112 valence electrons. The lowest BCUT2D eigenvalue weighted by atomic mass is 10.5. The molecule has 0 aromatic heterocycles. The van der Waals surface area contributed by atoms with E-state index in [0.717, 1.165) is 0 Å². The summed E-state index contributed by atoms with van der Waals surface area (Å²) in [6.45, 7) is 7.89. The molecule has 9 heteroatoms. The second-order valence-electron chi connectivity index (χ2n) is 4.25. The van der Waals surface area contributed by atoms with Gasteiger partial charge in [-0.15, -0.1) is 0 Å². The maximum absolute atomic E-state index is 12.3. The summed E-state index contributed by atoms with van der Waals surface area (Å²) >= 11 is 0. The summed E-state index contributed by atoms with van der Waals surface area (Å²) < 4.78 is 22.4. The van der Waals surface area contributed by atoms with E-state index in [0.29, 0.717) is 4.90 Å². The van der Waals surface area contributed by atoms with Crippen LogP contribution in [0.3, 0.4) is 0 Å². The second-order valence-corrected chi connectivity index (χ2v) is 5.89. The van der Waals surface area contributed by atoms with Crippen LogP contribution in [0.2, 0.25) is 0 Å². The molecule has 8 nitrogen and oxygen atoms in total. The lowest BCUT2D eigenvalue weighted by Gasteiger charge is -2.24. The van der Waals surface area contributed by atoms with Crippen LogP contribution in [0.15, 0.2) is 0 Å². The van der Waals surface area contributed by atoms with Gasteiger partial charge in [0.15, 0.2) is 0 Å². The Morgan fingerprint density at radius 3 is 1.89 bits per heavy atom. The molecule has 0 aliphatic rings. The molecule has 19 heavy (non-hydrogen) atoms. The molecule has 0 saturated carbocycles. The van der Waals surface area contributed by atoms with Gasteiger partial charge in [-0.2, -0.15) is 0 Å². The molecular formula is C10H21N2O6P. The van der Waals surface area contributed by atoms with Crippen molar-refractivity contribution >= 4 is 19.9 Å². The van der Waals surface area contributed by atoms with Crippen LogP contribution < -0.4 is 5.09 Å². The Labute approximate surface area is 112 Å². The minimum absolute atomic E-state index is 0.0788. The highest BCUT2D eigenvalue weighted by atomic mass is 31.2. The lowest BCUT2D eigenvalue weighted by Crippen LogP contribution is -2.42. The Kier molecular flexibility index (Phi) is 7.04. The number of carbonyl (C=O) groups is 2. The molecule has 0 aliphatic heterocycles. The van der Waals surface area contributed by atoms with Crippen LogP contribution in [-0.2, 0) is 13.6 Å². The zero-order valence-corrected chi connectivity index (χ0v) is 12.6. The number of imide groups is 1. The Bertz CT molecular complexity index is 357. The minimum Gasteiger partial charge on any atom is -0.465 e. The van der Waals surface area contributed by atoms with Crippen LogP contribution in [0.5, 0.6) is 0 Å². The molecule has 0 unspecified atom stereocenters. The smallest absolute Gasteiger partial charge is 0.436 e. The summed E-state index contributed by atoms with van der Waals surface area (Å²) in [6, 6.07) is -1.04. The molecule has 0 rings (SSSR count). The number of rotatable bonds is 6. The number of hydrogen-bond donors (Lipinski definition) is 2. The predicted octanol–water partition coefficient (Wildman–Crippen LogP) is 2.65. The van der Waals surface area contributed by atoms with Gasteiger partial charge in [0.25, 0.3) is 0 Å². The first kappa shape index (κ1) is 17.9. The van der Waals surface area contributed by atoms with Crippen molar-refractivity contribution in [2.24, 2.45) is 0 Å². The SMILES string of the molecule is CCN(C(=O)O)C(=O)NP(=O)(OC(C)C)OC(C)C. The van der Waals surface area contributed by atoms with E-state index in [4.69, 9.17) is 14.2 Å². The maximum atomic E-state index is 12.3. The van der Waals surface area contributed by atoms with Crippen LogP contribution >= 0.6 is 7.75 Å². The van der Waals surface area contributed by atoms with E-state index in [-0.39, 0.29) is 6.54 Å². The van der Waals surface area contributed by atoms with E-state index in [2.05, 4.69) is 0 Å². The third-order valence-electron chi connectivity index (χ3n) is 1.72. The number of amides is 3. The van der Waals surface area contributed by atoms with E-state index in [1.165, 1.54) is 6.92 Å². The fraction of sp³-hybridized carbons (Fsp3) is 0.800. The Morgan fingerprint density at radius 2 is 1.63 bits per heavy atom.